The Morgan fingerprint density at radius 3 is 2.52 bits per heavy atom. The average molecular weight is 457 g/mol. The lowest BCUT2D eigenvalue weighted by Gasteiger charge is -2.25. The van der Waals surface area contributed by atoms with Gasteiger partial charge in [0.15, 0.2) is 0 Å². The van der Waals surface area contributed by atoms with Crippen LogP contribution in [0.2, 0.25) is 0 Å². The Labute approximate surface area is 190 Å². The fraction of sp³-hybridized carbons (Fsp3) is 0.375. The van der Waals surface area contributed by atoms with E-state index in [9.17, 15) is 23.2 Å². The topological polar surface area (TPSA) is 87.7 Å². The van der Waals surface area contributed by atoms with Crippen LogP contribution in [0.15, 0.2) is 48.5 Å². The minimum Gasteiger partial charge on any atom is -0.434 e. The van der Waals surface area contributed by atoms with Gasteiger partial charge >= 0.3 is 6.61 Å². The SMILES string of the molecule is CCC(NC(=O)CNC(=O)C1c2ccccc2C(=O)N1C1CC1)c1ccccc1OC(F)F. The van der Waals surface area contributed by atoms with E-state index in [0.717, 1.165) is 12.8 Å². The summed E-state index contributed by atoms with van der Waals surface area (Å²) in [6, 6.07) is 12.0. The van der Waals surface area contributed by atoms with Gasteiger partial charge in [-0.2, -0.15) is 8.78 Å². The predicted molar refractivity (Wildman–Crippen MR) is 116 cm³/mol. The zero-order chi connectivity index (χ0) is 23.5. The first-order chi connectivity index (χ1) is 15.9. The first kappa shape index (κ1) is 22.7. The second-order valence-corrected chi connectivity index (χ2v) is 8.10. The van der Waals surface area contributed by atoms with Crippen molar-refractivity contribution in [2.75, 3.05) is 6.54 Å². The molecule has 0 bridgehead atoms. The summed E-state index contributed by atoms with van der Waals surface area (Å²) >= 11 is 0. The van der Waals surface area contributed by atoms with Crippen molar-refractivity contribution in [1.82, 2.24) is 15.5 Å². The van der Waals surface area contributed by atoms with Crippen LogP contribution in [0.4, 0.5) is 8.78 Å². The van der Waals surface area contributed by atoms with Crippen molar-refractivity contribution in [3.63, 3.8) is 0 Å². The number of rotatable bonds is 9. The lowest BCUT2D eigenvalue weighted by atomic mass is 10.0. The Morgan fingerprint density at radius 2 is 1.82 bits per heavy atom. The van der Waals surface area contributed by atoms with Crippen LogP contribution in [-0.2, 0) is 9.59 Å². The maximum Gasteiger partial charge on any atom is 0.387 e. The van der Waals surface area contributed by atoms with Crippen LogP contribution in [0.3, 0.4) is 0 Å². The predicted octanol–water partition coefficient (Wildman–Crippen LogP) is 3.33. The molecule has 1 fully saturated rings. The number of benzene rings is 2. The largest absolute Gasteiger partial charge is 0.434 e. The molecule has 0 aromatic heterocycles. The minimum atomic E-state index is -2.98. The molecule has 2 unspecified atom stereocenters. The lowest BCUT2D eigenvalue weighted by molar-refractivity contribution is -0.129. The maximum atomic E-state index is 13.0. The Hall–Kier alpha value is -3.49. The molecule has 3 amide bonds. The van der Waals surface area contributed by atoms with Crippen molar-refractivity contribution < 1.29 is 27.9 Å². The van der Waals surface area contributed by atoms with E-state index in [1.54, 1.807) is 54.3 Å². The van der Waals surface area contributed by atoms with Crippen molar-refractivity contribution in [2.24, 2.45) is 0 Å². The molecular formula is C24H25F2N3O4. The molecule has 2 atom stereocenters. The highest BCUT2D eigenvalue weighted by molar-refractivity contribution is 6.05. The molecular weight excluding hydrogens is 432 g/mol. The van der Waals surface area contributed by atoms with Gasteiger partial charge < -0.3 is 20.3 Å². The van der Waals surface area contributed by atoms with Crippen molar-refractivity contribution in [3.8, 4) is 5.75 Å². The number of amides is 3. The van der Waals surface area contributed by atoms with Crippen LogP contribution in [-0.4, -0.2) is 41.8 Å². The zero-order valence-electron chi connectivity index (χ0n) is 18.1. The van der Waals surface area contributed by atoms with Gasteiger partial charge in [-0.15, -0.1) is 0 Å². The monoisotopic (exact) mass is 457 g/mol. The summed E-state index contributed by atoms with van der Waals surface area (Å²) in [6.45, 7) is -1.49. The minimum absolute atomic E-state index is 0.00941. The zero-order valence-corrected chi connectivity index (χ0v) is 18.1. The van der Waals surface area contributed by atoms with E-state index in [0.29, 0.717) is 23.1 Å². The molecule has 2 aliphatic rings. The third-order valence-corrected chi connectivity index (χ3v) is 5.86. The summed E-state index contributed by atoms with van der Waals surface area (Å²) < 4.78 is 30.0. The first-order valence-electron chi connectivity index (χ1n) is 10.9. The highest BCUT2D eigenvalue weighted by atomic mass is 19.3. The van der Waals surface area contributed by atoms with Gasteiger partial charge in [-0.25, -0.2) is 0 Å². The lowest BCUT2D eigenvalue weighted by Crippen LogP contribution is -2.44. The maximum absolute atomic E-state index is 13.0. The van der Waals surface area contributed by atoms with Crippen LogP contribution < -0.4 is 15.4 Å². The average Bonchev–Trinajstić information content (AvgIpc) is 3.60. The van der Waals surface area contributed by atoms with Crippen molar-refractivity contribution in [1.29, 1.82) is 0 Å². The Bertz CT molecular complexity index is 1060. The second-order valence-electron chi connectivity index (χ2n) is 8.10. The number of hydrogen-bond donors (Lipinski definition) is 2. The molecule has 1 aliphatic carbocycles. The molecule has 2 aromatic carbocycles. The highest BCUT2D eigenvalue weighted by Crippen LogP contribution is 2.41. The number of fused-ring (bicyclic) bond motifs is 1. The molecule has 0 radical (unpaired) electrons. The summed E-state index contributed by atoms with van der Waals surface area (Å²) in [4.78, 5) is 40.0. The molecule has 7 nitrogen and oxygen atoms in total. The van der Waals surface area contributed by atoms with E-state index in [1.165, 1.54) is 6.07 Å². The number of halogens is 2. The standard InChI is InChI=1S/C24H25F2N3O4/c1-2-18(17-9-5-6-10-19(17)33-24(25)26)28-20(30)13-27-22(31)21-15-7-3-4-8-16(15)23(32)29(21)14-11-12-14/h3-10,14,18,21,24H,2,11-13H2,1H3,(H,27,31)(H,28,30). The van der Waals surface area contributed by atoms with Gasteiger partial charge in [0.1, 0.15) is 11.8 Å². The number of para-hydroxylation sites is 1. The van der Waals surface area contributed by atoms with Crippen LogP contribution in [0.5, 0.6) is 5.75 Å². The van der Waals surface area contributed by atoms with E-state index in [2.05, 4.69) is 15.4 Å². The molecule has 2 N–H and O–H groups in total. The van der Waals surface area contributed by atoms with E-state index in [1.807, 2.05) is 0 Å². The van der Waals surface area contributed by atoms with Gasteiger partial charge in [0.2, 0.25) is 11.8 Å². The number of carbonyl (C=O) groups is 3. The van der Waals surface area contributed by atoms with Gasteiger partial charge in [0.25, 0.3) is 5.91 Å². The number of hydrogen-bond acceptors (Lipinski definition) is 4. The fourth-order valence-corrected chi connectivity index (χ4v) is 4.21. The Balaban J connectivity index is 1.41. The fourth-order valence-electron chi connectivity index (χ4n) is 4.21. The first-order valence-corrected chi connectivity index (χ1v) is 10.9. The number of nitrogens with zero attached hydrogens (tertiary/aromatic N) is 1. The van der Waals surface area contributed by atoms with Gasteiger partial charge in [-0.3, -0.25) is 14.4 Å². The van der Waals surface area contributed by atoms with Crippen LogP contribution in [0.25, 0.3) is 0 Å². The molecule has 1 saturated carbocycles. The summed E-state index contributed by atoms with van der Waals surface area (Å²) in [5.41, 5.74) is 1.57. The highest BCUT2D eigenvalue weighted by Gasteiger charge is 2.47. The van der Waals surface area contributed by atoms with E-state index < -0.39 is 30.5 Å². The quantitative estimate of drug-likeness (QED) is 0.605. The summed E-state index contributed by atoms with van der Waals surface area (Å²) in [5.74, 6) is -1.08. The molecule has 174 valence electrons. The third-order valence-electron chi connectivity index (χ3n) is 5.86. The molecule has 4 rings (SSSR count). The molecule has 1 heterocycles. The van der Waals surface area contributed by atoms with E-state index in [-0.39, 0.29) is 24.2 Å². The van der Waals surface area contributed by atoms with Gasteiger partial charge in [-0.05, 0) is 37.0 Å². The summed E-state index contributed by atoms with van der Waals surface area (Å²) in [7, 11) is 0. The van der Waals surface area contributed by atoms with Crippen molar-refractivity contribution >= 4 is 17.7 Å². The molecule has 2 aromatic rings. The molecule has 0 saturated heterocycles. The van der Waals surface area contributed by atoms with Gasteiger partial charge in [0.05, 0.1) is 12.6 Å². The number of ether oxygens (including phenoxy) is 1. The number of alkyl halides is 2. The number of carbonyl (C=O) groups excluding carboxylic acids is 3. The Morgan fingerprint density at radius 1 is 1.12 bits per heavy atom. The normalized spacial score (nSPS) is 18.1. The van der Waals surface area contributed by atoms with E-state index >= 15 is 0 Å². The van der Waals surface area contributed by atoms with Crippen molar-refractivity contribution in [2.45, 2.75) is 50.9 Å². The van der Waals surface area contributed by atoms with Gasteiger partial charge in [0, 0.05) is 17.2 Å². The van der Waals surface area contributed by atoms with Gasteiger partial charge in [-0.1, -0.05) is 43.3 Å². The van der Waals surface area contributed by atoms with Crippen LogP contribution in [0.1, 0.15) is 59.8 Å². The Kier molecular flexibility index (Phi) is 6.57. The summed E-state index contributed by atoms with van der Waals surface area (Å²) in [6.07, 6.45) is 2.13. The number of nitrogens with one attached hydrogen (secondary N) is 2. The molecule has 0 spiro atoms. The molecule has 33 heavy (non-hydrogen) atoms. The van der Waals surface area contributed by atoms with Crippen LogP contribution >= 0.6 is 0 Å². The summed E-state index contributed by atoms with van der Waals surface area (Å²) in [5, 5.41) is 5.39. The van der Waals surface area contributed by atoms with Crippen molar-refractivity contribution in [3.05, 3.63) is 65.2 Å². The molecule has 9 heteroatoms. The molecule has 1 aliphatic heterocycles. The second kappa shape index (κ2) is 9.56. The van der Waals surface area contributed by atoms with Crippen LogP contribution in [0, 0.1) is 0 Å². The van der Waals surface area contributed by atoms with E-state index in [4.69, 9.17) is 0 Å². The third kappa shape index (κ3) is 4.81. The smallest absolute Gasteiger partial charge is 0.387 e.